The number of methoxy groups -OCH3 is 1. The molecule has 5 heteroatoms. The van der Waals surface area contributed by atoms with Gasteiger partial charge in [-0.25, -0.2) is 0 Å². The molecule has 0 aliphatic carbocycles. The van der Waals surface area contributed by atoms with Crippen molar-refractivity contribution in [2.45, 2.75) is 32.9 Å². The van der Waals surface area contributed by atoms with Crippen molar-refractivity contribution >= 4 is 0 Å². The lowest BCUT2D eigenvalue weighted by atomic mass is 10.1. The van der Waals surface area contributed by atoms with Crippen molar-refractivity contribution in [3.05, 3.63) is 41.2 Å². The molecule has 22 heavy (non-hydrogen) atoms. The van der Waals surface area contributed by atoms with E-state index in [-0.39, 0.29) is 5.75 Å². The molecule has 0 unspecified atom stereocenters. The average molecular weight is 301 g/mol. The molecule has 3 rings (SSSR count). The van der Waals surface area contributed by atoms with Gasteiger partial charge in [0.1, 0.15) is 0 Å². The number of phenolic OH excluding ortho intramolecular Hbond substituents is 1. The number of phenols is 1. The normalized spacial score (nSPS) is 18.8. The first-order valence-electron chi connectivity index (χ1n) is 7.68. The lowest BCUT2D eigenvalue weighted by molar-refractivity contribution is 0.301. The molecule has 1 aliphatic rings. The van der Waals surface area contributed by atoms with Crippen molar-refractivity contribution in [1.82, 2.24) is 14.7 Å². The summed E-state index contributed by atoms with van der Waals surface area (Å²) in [5, 5.41) is 14.8. The Morgan fingerprint density at radius 2 is 2.18 bits per heavy atom. The third kappa shape index (κ3) is 2.81. The summed E-state index contributed by atoms with van der Waals surface area (Å²) in [4.78, 5) is 2.36. The van der Waals surface area contributed by atoms with Gasteiger partial charge in [-0.15, -0.1) is 0 Å². The molecule has 5 nitrogen and oxygen atoms in total. The largest absolute Gasteiger partial charge is 0.504 e. The standard InChI is InChI=1S/C17H23N3O2/c1-12-9-13(2)20(18-12)15-7-8-19(11-15)10-14-5-4-6-16(22-3)17(14)21/h4-6,9,15,21H,7-8,10-11H2,1-3H3/t15-/m0/s1. The highest BCUT2D eigenvalue weighted by Gasteiger charge is 2.26. The van der Waals surface area contributed by atoms with E-state index in [4.69, 9.17) is 4.74 Å². The van der Waals surface area contributed by atoms with Crippen molar-refractivity contribution < 1.29 is 9.84 Å². The Balaban J connectivity index is 1.70. The number of ether oxygens (including phenoxy) is 1. The van der Waals surface area contributed by atoms with E-state index in [9.17, 15) is 5.11 Å². The van der Waals surface area contributed by atoms with Gasteiger partial charge < -0.3 is 9.84 Å². The fourth-order valence-electron chi connectivity index (χ4n) is 3.27. The summed E-state index contributed by atoms with van der Waals surface area (Å²) in [6.07, 6.45) is 1.09. The van der Waals surface area contributed by atoms with E-state index in [0.717, 1.165) is 37.3 Å². The Morgan fingerprint density at radius 1 is 1.36 bits per heavy atom. The predicted molar refractivity (Wildman–Crippen MR) is 85.3 cm³/mol. The van der Waals surface area contributed by atoms with Crippen LogP contribution < -0.4 is 4.74 Å². The Bertz CT molecular complexity index is 666. The topological polar surface area (TPSA) is 50.5 Å². The fraction of sp³-hybridized carbons (Fsp3) is 0.471. The van der Waals surface area contributed by atoms with Crippen LogP contribution in [0, 0.1) is 13.8 Å². The van der Waals surface area contributed by atoms with Gasteiger partial charge in [0.2, 0.25) is 0 Å². The number of nitrogens with zero attached hydrogens (tertiary/aromatic N) is 3. The van der Waals surface area contributed by atoms with E-state index in [2.05, 4.69) is 27.7 Å². The van der Waals surface area contributed by atoms with E-state index in [1.54, 1.807) is 13.2 Å². The number of aromatic nitrogens is 2. The lowest BCUT2D eigenvalue weighted by Crippen LogP contribution is -2.22. The van der Waals surface area contributed by atoms with Gasteiger partial charge in [-0.05, 0) is 32.4 Å². The Hall–Kier alpha value is -2.01. The maximum atomic E-state index is 10.2. The number of hydrogen-bond acceptors (Lipinski definition) is 4. The van der Waals surface area contributed by atoms with Gasteiger partial charge in [-0.3, -0.25) is 9.58 Å². The summed E-state index contributed by atoms with van der Waals surface area (Å²) in [5.41, 5.74) is 3.20. The second-order valence-electron chi connectivity index (χ2n) is 6.02. The van der Waals surface area contributed by atoms with Crippen LogP contribution in [0.1, 0.15) is 29.4 Å². The van der Waals surface area contributed by atoms with Crippen LogP contribution in [0.3, 0.4) is 0 Å². The van der Waals surface area contributed by atoms with Crippen LogP contribution in [0.5, 0.6) is 11.5 Å². The van der Waals surface area contributed by atoms with Gasteiger partial charge in [0.15, 0.2) is 11.5 Å². The highest BCUT2D eigenvalue weighted by atomic mass is 16.5. The first-order valence-corrected chi connectivity index (χ1v) is 7.68. The highest BCUT2D eigenvalue weighted by Crippen LogP contribution is 2.32. The van der Waals surface area contributed by atoms with E-state index >= 15 is 0 Å². The summed E-state index contributed by atoms with van der Waals surface area (Å²) < 4.78 is 7.32. The second-order valence-corrected chi connectivity index (χ2v) is 6.02. The smallest absolute Gasteiger partial charge is 0.162 e. The van der Waals surface area contributed by atoms with Crippen LogP contribution in [-0.2, 0) is 6.54 Å². The third-order valence-electron chi connectivity index (χ3n) is 4.33. The number of rotatable bonds is 4. The molecular weight excluding hydrogens is 278 g/mol. The zero-order valence-electron chi connectivity index (χ0n) is 13.4. The van der Waals surface area contributed by atoms with Gasteiger partial charge in [0.05, 0.1) is 18.8 Å². The number of aromatic hydroxyl groups is 1. The molecule has 1 atom stereocenters. The van der Waals surface area contributed by atoms with Crippen molar-refractivity contribution in [2.24, 2.45) is 0 Å². The predicted octanol–water partition coefficient (Wildman–Crippen LogP) is 2.66. The molecule has 118 valence electrons. The van der Waals surface area contributed by atoms with Crippen molar-refractivity contribution in [3.63, 3.8) is 0 Å². The SMILES string of the molecule is COc1cccc(CN2CC[C@H](n3nc(C)cc3C)C2)c1O. The van der Waals surface area contributed by atoms with Crippen LogP contribution >= 0.6 is 0 Å². The first kappa shape index (κ1) is 14.9. The van der Waals surface area contributed by atoms with Crippen LogP contribution in [0.4, 0.5) is 0 Å². The summed E-state index contributed by atoms with van der Waals surface area (Å²) >= 11 is 0. The molecule has 2 aromatic rings. The highest BCUT2D eigenvalue weighted by molar-refractivity contribution is 5.45. The minimum atomic E-state index is 0.250. The van der Waals surface area contributed by atoms with Crippen molar-refractivity contribution in [1.29, 1.82) is 0 Å². The van der Waals surface area contributed by atoms with Crippen molar-refractivity contribution in [3.8, 4) is 11.5 Å². The molecule has 1 saturated heterocycles. The molecule has 1 N–H and O–H groups in total. The van der Waals surface area contributed by atoms with Gasteiger partial charge in [-0.1, -0.05) is 12.1 Å². The van der Waals surface area contributed by atoms with Gasteiger partial charge in [0, 0.05) is 30.9 Å². The summed E-state index contributed by atoms with van der Waals surface area (Å²) in [6.45, 7) is 6.85. The molecule has 0 radical (unpaired) electrons. The van der Waals surface area contributed by atoms with Crippen molar-refractivity contribution in [2.75, 3.05) is 20.2 Å². The summed E-state index contributed by atoms with van der Waals surface area (Å²) in [6, 6.07) is 8.19. The zero-order valence-corrected chi connectivity index (χ0v) is 13.4. The van der Waals surface area contributed by atoms with E-state index in [0.29, 0.717) is 11.8 Å². The Labute approximate surface area is 131 Å². The first-order chi connectivity index (χ1) is 10.6. The minimum absolute atomic E-state index is 0.250. The lowest BCUT2D eigenvalue weighted by Gasteiger charge is -2.18. The molecule has 1 aromatic heterocycles. The van der Waals surface area contributed by atoms with Gasteiger partial charge in [-0.2, -0.15) is 5.10 Å². The molecule has 0 bridgehead atoms. The molecular formula is C17H23N3O2. The van der Waals surface area contributed by atoms with Crippen LogP contribution in [-0.4, -0.2) is 40.0 Å². The van der Waals surface area contributed by atoms with Crippen LogP contribution in [0.15, 0.2) is 24.3 Å². The monoisotopic (exact) mass is 301 g/mol. The van der Waals surface area contributed by atoms with Gasteiger partial charge >= 0.3 is 0 Å². The molecule has 0 spiro atoms. The minimum Gasteiger partial charge on any atom is -0.504 e. The summed E-state index contributed by atoms with van der Waals surface area (Å²) in [5.74, 6) is 0.784. The van der Waals surface area contributed by atoms with Crippen LogP contribution in [0.2, 0.25) is 0 Å². The third-order valence-corrected chi connectivity index (χ3v) is 4.33. The van der Waals surface area contributed by atoms with E-state index < -0.39 is 0 Å². The van der Waals surface area contributed by atoms with E-state index in [1.165, 1.54) is 5.69 Å². The average Bonchev–Trinajstić information content (AvgIpc) is 3.07. The van der Waals surface area contributed by atoms with Crippen LogP contribution in [0.25, 0.3) is 0 Å². The van der Waals surface area contributed by atoms with Gasteiger partial charge in [0.25, 0.3) is 0 Å². The molecule has 2 heterocycles. The molecule has 1 fully saturated rings. The number of para-hydroxylation sites is 1. The zero-order chi connectivity index (χ0) is 15.7. The second kappa shape index (κ2) is 6.01. The summed E-state index contributed by atoms with van der Waals surface area (Å²) in [7, 11) is 1.58. The Kier molecular flexibility index (Phi) is 4.07. The Morgan fingerprint density at radius 3 is 2.86 bits per heavy atom. The quantitative estimate of drug-likeness (QED) is 0.943. The maximum absolute atomic E-state index is 10.2. The van der Waals surface area contributed by atoms with E-state index in [1.807, 2.05) is 19.1 Å². The fourth-order valence-corrected chi connectivity index (χ4v) is 3.27. The number of benzene rings is 1. The number of likely N-dealkylation sites (tertiary alicyclic amines) is 1. The molecule has 1 aliphatic heterocycles. The molecule has 0 amide bonds. The maximum Gasteiger partial charge on any atom is 0.162 e. The molecule has 0 saturated carbocycles. The number of aryl methyl sites for hydroxylation is 2. The molecule has 1 aromatic carbocycles. The number of hydrogen-bond donors (Lipinski definition) is 1.